The second-order valence-corrected chi connectivity index (χ2v) is 3.13. The number of nitrogens with two attached hydrogens (primary N) is 1. The number of hydrogen-bond donors (Lipinski definition) is 1. The van der Waals surface area contributed by atoms with Crippen molar-refractivity contribution in [1.82, 2.24) is 4.98 Å². The standard InChI is InChI=1S/C10H8N2O2/c1-5-4-6(2-3-12-5)7-8(11)10(14)9(7)13/h2-4H,11H2,1H3. The molecule has 4 heteroatoms. The number of hydrogen-bond acceptors (Lipinski definition) is 4. The molecule has 0 bridgehead atoms. The average Bonchev–Trinajstić information content (AvgIpc) is 2.18. The Morgan fingerprint density at radius 1 is 1.29 bits per heavy atom. The van der Waals surface area contributed by atoms with Crippen LogP contribution < -0.4 is 16.6 Å². The maximum absolute atomic E-state index is 11.2. The molecule has 2 N–H and O–H groups in total. The summed E-state index contributed by atoms with van der Waals surface area (Å²) >= 11 is 0. The van der Waals surface area contributed by atoms with Gasteiger partial charge in [0.15, 0.2) is 0 Å². The van der Waals surface area contributed by atoms with E-state index in [1.165, 1.54) is 0 Å². The topological polar surface area (TPSA) is 73.1 Å². The monoisotopic (exact) mass is 188 g/mol. The summed E-state index contributed by atoms with van der Waals surface area (Å²) in [6, 6.07) is 3.39. The van der Waals surface area contributed by atoms with Gasteiger partial charge >= 0.3 is 0 Å². The van der Waals surface area contributed by atoms with Crippen LogP contribution in [-0.2, 0) is 0 Å². The van der Waals surface area contributed by atoms with E-state index in [4.69, 9.17) is 5.73 Å². The third kappa shape index (κ3) is 1.04. The van der Waals surface area contributed by atoms with Crippen molar-refractivity contribution in [2.24, 2.45) is 0 Å². The minimum atomic E-state index is -0.588. The van der Waals surface area contributed by atoms with E-state index in [1.54, 1.807) is 18.3 Å². The summed E-state index contributed by atoms with van der Waals surface area (Å²) in [5, 5.41) is 0. The highest BCUT2D eigenvalue weighted by molar-refractivity contribution is 5.79. The summed E-state index contributed by atoms with van der Waals surface area (Å²) in [6.07, 6.45) is 1.58. The van der Waals surface area contributed by atoms with Crippen LogP contribution in [0.1, 0.15) is 5.69 Å². The first-order valence-electron chi connectivity index (χ1n) is 4.13. The Labute approximate surface area is 79.7 Å². The van der Waals surface area contributed by atoms with Crippen LogP contribution in [0.3, 0.4) is 0 Å². The van der Waals surface area contributed by atoms with E-state index in [2.05, 4.69) is 4.98 Å². The van der Waals surface area contributed by atoms with Crippen molar-refractivity contribution >= 4 is 5.69 Å². The van der Waals surface area contributed by atoms with Gasteiger partial charge in [-0.3, -0.25) is 14.6 Å². The van der Waals surface area contributed by atoms with Gasteiger partial charge in [-0.1, -0.05) is 0 Å². The lowest BCUT2D eigenvalue weighted by atomic mass is 9.99. The van der Waals surface area contributed by atoms with E-state index in [0.29, 0.717) is 11.1 Å². The summed E-state index contributed by atoms with van der Waals surface area (Å²) in [5.74, 6) is 0. The van der Waals surface area contributed by atoms with Crippen LogP contribution in [-0.4, -0.2) is 4.98 Å². The quantitative estimate of drug-likeness (QED) is 0.650. The molecule has 0 fully saturated rings. The lowest BCUT2D eigenvalue weighted by Crippen LogP contribution is -2.35. The molecular formula is C10H8N2O2. The molecule has 14 heavy (non-hydrogen) atoms. The van der Waals surface area contributed by atoms with Crippen LogP contribution in [0.2, 0.25) is 0 Å². The summed E-state index contributed by atoms with van der Waals surface area (Å²) in [5.41, 5.74) is 6.16. The first kappa shape index (κ1) is 8.62. The minimum Gasteiger partial charge on any atom is -0.395 e. The summed E-state index contributed by atoms with van der Waals surface area (Å²) in [4.78, 5) is 26.0. The number of aryl methyl sites for hydroxylation is 1. The molecule has 0 atom stereocenters. The maximum Gasteiger partial charge on any atom is 0.249 e. The summed E-state index contributed by atoms with van der Waals surface area (Å²) in [6.45, 7) is 1.81. The average molecular weight is 188 g/mol. The van der Waals surface area contributed by atoms with Gasteiger partial charge in [0.1, 0.15) is 0 Å². The van der Waals surface area contributed by atoms with Gasteiger partial charge in [0.25, 0.3) is 0 Å². The van der Waals surface area contributed by atoms with E-state index < -0.39 is 10.9 Å². The fourth-order valence-corrected chi connectivity index (χ4v) is 1.40. The molecule has 1 heterocycles. The highest BCUT2D eigenvalue weighted by atomic mass is 16.2. The Hall–Kier alpha value is -1.97. The molecule has 0 saturated carbocycles. The van der Waals surface area contributed by atoms with Crippen molar-refractivity contribution in [3.63, 3.8) is 0 Å². The van der Waals surface area contributed by atoms with Crippen molar-refractivity contribution in [3.8, 4) is 11.1 Å². The molecule has 0 aliphatic carbocycles. The zero-order chi connectivity index (χ0) is 10.3. The molecular weight excluding hydrogens is 180 g/mol. The van der Waals surface area contributed by atoms with E-state index in [-0.39, 0.29) is 5.69 Å². The number of nitrogen functional groups attached to an aromatic ring is 1. The van der Waals surface area contributed by atoms with E-state index in [9.17, 15) is 9.59 Å². The number of pyridine rings is 1. The smallest absolute Gasteiger partial charge is 0.249 e. The molecule has 0 radical (unpaired) electrons. The van der Waals surface area contributed by atoms with Crippen LogP contribution in [0.15, 0.2) is 27.9 Å². The molecule has 1 aromatic carbocycles. The normalized spacial score (nSPS) is 10.6. The molecule has 0 unspecified atom stereocenters. The van der Waals surface area contributed by atoms with Crippen molar-refractivity contribution < 1.29 is 0 Å². The Balaban J connectivity index is 2.63. The number of anilines is 1. The molecule has 2 aromatic rings. The van der Waals surface area contributed by atoms with E-state index >= 15 is 0 Å². The lowest BCUT2D eigenvalue weighted by Gasteiger charge is -2.06. The van der Waals surface area contributed by atoms with Crippen molar-refractivity contribution in [1.29, 1.82) is 0 Å². The Bertz CT molecular complexity index is 565. The second-order valence-electron chi connectivity index (χ2n) is 3.13. The molecule has 4 nitrogen and oxygen atoms in total. The molecule has 0 aliphatic rings. The van der Waals surface area contributed by atoms with Crippen molar-refractivity contribution in [2.75, 3.05) is 5.73 Å². The van der Waals surface area contributed by atoms with Crippen LogP contribution >= 0.6 is 0 Å². The van der Waals surface area contributed by atoms with Gasteiger partial charge in [-0.05, 0) is 24.6 Å². The Morgan fingerprint density at radius 3 is 2.57 bits per heavy atom. The highest BCUT2D eigenvalue weighted by Crippen LogP contribution is 2.20. The van der Waals surface area contributed by atoms with Gasteiger partial charge in [0.05, 0.1) is 11.3 Å². The molecule has 0 saturated heterocycles. The first-order chi connectivity index (χ1) is 6.61. The third-order valence-electron chi connectivity index (χ3n) is 2.13. The SMILES string of the molecule is Cc1cc(-c2c(N)c(=O)c2=O)ccn1. The van der Waals surface area contributed by atoms with E-state index in [1.807, 2.05) is 6.92 Å². The molecule has 0 aliphatic heterocycles. The van der Waals surface area contributed by atoms with Crippen LogP contribution in [0.25, 0.3) is 11.1 Å². The maximum atomic E-state index is 11.2. The van der Waals surface area contributed by atoms with Gasteiger partial charge in [-0.15, -0.1) is 0 Å². The fraction of sp³-hybridized carbons (Fsp3) is 0.100. The molecule has 2 rings (SSSR count). The van der Waals surface area contributed by atoms with E-state index in [0.717, 1.165) is 5.69 Å². The zero-order valence-corrected chi connectivity index (χ0v) is 7.57. The second kappa shape index (κ2) is 2.77. The van der Waals surface area contributed by atoms with Gasteiger partial charge in [0.2, 0.25) is 10.9 Å². The molecule has 70 valence electrons. The Kier molecular flexibility index (Phi) is 1.70. The molecule has 0 amide bonds. The zero-order valence-electron chi connectivity index (χ0n) is 7.57. The summed E-state index contributed by atoms with van der Waals surface area (Å²) < 4.78 is 0. The predicted molar refractivity (Wildman–Crippen MR) is 53.7 cm³/mol. The number of aromatic nitrogens is 1. The number of rotatable bonds is 1. The van der Waals surface area contributed by atoms with Crippen LogP contribution in [0, 0.1) is 6.92 Å². The Morgan fingerprint density at radius 2 is 2.00 bits per heavy atom. The van der Waals surface area contributed by atoms with Gasteiger partial charge in [-0.25, -0.2) is 0 Å². The first-order valence-corrected chi connectivity index (χ1v) is 4.13. The van der Waals surface area contributed by atoms with Gasteiger partial charge < -0.3 is 5.73 Å². The van der Waals surface area contributed by atoms with Crippen LogP contribution in [0.4, 0.5) is 5.69 Å². The highest BCUT2D eigenvalue weighted by Gasteiger charge is 2.19. The number of nitrogens with zero attached hydrogens (tertiary/aromatic N) is 1. The largest absolute Gasteiger partial charge is 0.395 e. The van der Waals surface area contributed by atoms with Gasteiger partial charge in [0, 0.05) is 11.9 Å². The predicted octanol–water partition coefficient (Wildman–Crippen LogP) is 0.235. The third-order valence-corrected chi connectivity index (χ3v) is 2.13. The lowest BCUT2D eigenvalue weighted by molar-refractivity contribution is 1.20. The van der Waals surface area contributed by atoms with Crippen molar-refractivity contribution in [3.05, 3.63) is 44.5 Å². The van der Waals surface area contributed by atoms with Gasteiger partial charge in [-0.2, -0.15) is 0 Å². The molecule has 1 aromatic heterocycles. The molecule has 0 spiro atoms. The summed E-state index contributed by atoms with van der Waals surface area (Å²) in [7, 11) is 0. The van der Waals surface area contributed by atoms with Crippen LogP contribution in [0.5, 0.6) is 0 Å². The minimum absolute atomic E-state index is 0.0561. The fourth-order valence-electron chi connectivity index (χ4n) is 1.40. The van der Waals surface area contributed by atoms with Crippen molar-refractivity contribution in [2.45, 2.75) is 6.92 Å².